The number of rotatable bonds is 2. The van der Waals surface area contributed by atoms with E-state index in [0.29, 0.717) is 18.1 Å². The zero-order valence-corrected chi connectivity index (χ0v) is 16.5. The molecule has 2 aliphatic rings. The van der Waals surface area contributed by atoms with Crippen molar-refractivity contribution in [2.24, 2.45) is 0 Å². The molecule has 2 aromatic heterocycles. The number of hydrogen-bond donors (Lipinski definition) is 0. The minimum Gasteiger partial charge on any atom is -0.368 e. The summed E-state index contributed by atoms with van der Waals surface area (Å²) in [5.41, 5.74) is 2.21. The second-order valence-corrected chi connectivity index (χ2v) is 8.45. The number of amides is 1. The van der Waals surface area contributed by atoms with Crippen LogP contribution in [-0.4, -0.2) is 46.4 Å². The molecule has 0 atom stereocenters. The Morgan fingerprint density at radius 3 is 2.54 bits per heavy atom. The molecule has 1 aliphatic carbocycles. The second-order valence-electron chi connectivity index (χ2n) is 7.39. The van der Waals surface area contributed by atoms with Gasteiger partial charge in [0, 0.05) is 48.6 Å². The molecule has 0 saturated carbocycles. The van der Waals surface area contributed by atoms with Crippen LogP contribution in [0.5, 0.6) is 0 Å². The third-order valence-electron chi connectivity index (χ3n) is 5.72. The average molecular weight is 395 g/mol. The van der Waals surface area contributed by atoms with Gasteiger partial charge in [-0.05, 0) is 37.8 Å². The van der Waals surface area contributed by atoms with E-state index in [9.17, 15) is 9.59 Å². The van der Waals surface area contributed by atoms with Crippen molar-refractivity contribution in [1.29, 1.82) is 0 Å². The van der Waals surface area contributed by atoms with Crippen LogP contribution in [0.1, 0.15) is 33.8 Å². The van der Waals surface area contributed by atoms with Gasteiger partial charge in [-0.1, -0.05) is 18.2 Å². The first-order chi connectivity index (χ1) is 13.7. The van der Waals surface area contributed by atoms with Crippen molar-refractivity contribution >= 4 is 27.9 Å². The lowest BCUT2D eigenvalue weighted by molar-refractivity contribution is 0.0744. The fourth-order valence-corrected chi connectivity index (χ4v) is 5.36. The number of fused-ring (bicyclic) bond motifs is 3. The fourth-order valence-electron chi connectivity index (χ4n) is 4.19. The lowest BCUT2D eigenvalue weighted by atomic mass is 10.0. The van der Waals surface area contributed by atoms with Gasteiger partial charge in [-0.15, -0.1) is 11.3 Å². The van der Waals surface area contributed by atoms with E-state index in [2.05, 4.69) is 22.0 Å². The van der Waals surface area contributed by atoms with Crippen LogP contribution >= 0.6 is 11.3 Å². The van der Waals surface area contributed by atoms with Crippen LogP contribution in [0.3, 0.4) is 0 Å². The van der Waals surface area contributed by atoms with Crippen LogP contribution in [0.2, 0.25) is 0 Å². The van der Waals surface area contributed by atoms with Crippen molar-refractivity contribution in [2.75, 3.05) is 31.1 Å². The topological polar surface area (TPSA) is 57.9 Å². The van der Waals surface area contributed by atoms with Gasteiger partial charge >= 0.3 is 0 Å². The molecule has 0 radical (unpaired) electrons. The first-order valence-corrected chi connectivity index (χ1v) is 10.7. The lowest BCUT2D eigenvalue weighted by Crippen LogP contribution is -2.49. The fraction of sp³-hybridized carbons (Fsp3) is 0.381. The van der Waals surface area contributed by atoms with Crippen LogP contribution in [0, 0.1) is 0 Å². The minimum absolute atomic E-state index is 0.192. The molecule has 0 bridgehead atoms. The van der Waals surface area contributed by atoms with Crippen molar-refractivity contribution in [3.8, 4) is 0 Å². The summed E-state index contributed by atoms with van der Waals surface area (Å²) in [5, 5.41) is 0. The molecule has 144 valence electrons. The van der Waals surface area contributed by atoms with Gasteiger partial charge in [0.15, 0.2) is 4.96 Å². The number of carbonyl (C=O) groups is 1. The summed E-state index contributed by atoms with van der Waals surface area (Å²) in [6, 6.07) is 10.2. The van der Waals surface area contributed by atoms with E-state index in [4.69, 9.17) is 0 Å². The smallest absolute Gasteiger partial charge is 0.271 e. The Hall–Kier alpha value is -2.67. The predicted octanol–water partition coefficient (Wildman–Crippen LogP) is 2.60. The number of benzene rings is 1. The highest BCUT2D eigenvalue weighted by Crippen LogP contribution is 2.28. The largest absolute Gasteiger partial charge is 0.368 e. The van der Waals surface area contributed by atoms with Gasteiger partial charge in [0.05, 0.1) is 0 Å². The van der Waals surface area contributed by atoms with E-state index in [1.54, 1.807) is 20.6 Å². The van der Waals surface area contributed by atoms with E-state index < -0.39 is 0 Å². The molecule has 7 heteroatoms. The number of piperazine rings is 1. The van der Waals surface area contributed by atoms with Gasteiger partial charge < -0.3 is 9.80 Å². The zero-order valence-electron chi connectivity index (χ0n) is 15.6. The number of nitrogens with zero attached hydrogens (tertiary/aromatic N) is 4. The monoisotopic (exact) mass is 394 g/mol. The molecule has 28 heavy (non-hydrogen) atoms. The molecule has 3 heterocycles. The standard InChI is InChI=1S/C21H22N4O2S/c26-19(24-12-10-23(11-13-24)15-6-2-1-3-7-15)16-14-22-21-25(20(16)27)17-8-4-5-9-18(17)28-21/h1-3,6-7,14H,4-5,8-13H2. The highest BCUT2D eigenvalue weighted by atomic mass is 32.1. The summed E-state index contributed by atoms with van der Waals surface area (Å²) >= 11 is 1.59. The van der Waals surface area contributed by atoms with Crippen LogP contribution in [0.15, 0.2) is 41.3 Å². The molecule has 3 aromatic rings. The molecule has 5 rings (SSSR count). The van der Waals surface area contributed by atoms with Gasteiger partial charge in [0.25, 0.3) is 11.5 Å². The van der Waals surface area contributed by atoms with Gasteiger partial charge in [0.1, 0.15) is 5.56 Å². The molecular weight excluding hydrogens is 372 g/mol. The Labute approximate surface area is 167 Å². The Morgan fingerprint density at radius 2 is 1.75 bits per heavy atom. The van der Waals surface area contributed by atoms with Crippen LogP contribution in [0.4, 0.5) is 5.69 Å². The molecular formula is C21H22N4O2S. The highest BCUT2D eigenvalue weighted by Gasteiger charge is 2.26. The number of hydrogen-bond acceptors (Lipinski definition) is 5. The van der Waals surface area contributed by atoms with Crippen molar-refractivity contribution in [3.05, 3.63) is 63.0 Å². The molecule has 1 amide bonds. The molecule has 0 spiro atoms. The Balaban J connectivity index is 1.39. The number of thiazole rings is 1. The minimum atomic E-state index is -0.208. The number of aromatic nitrogens is 2. The number of aryl methyl sites for hydroxylation is 2. The third kappa shape index (κ3) is 2.90. The molecule has 1 saturated heterocycles. The highest BCUT2D eigenvalue weighted by molar-refractivity contribution is 7.17. The maximum Gasteiger partial charge on any atom is 0.271 e. The Morgan fingerprint density at radius 1 is 1.00 bits per heavy atom. The van der Waals surface area contributed by atoms with Gasteiger partial charge in [-0.2, -0.15) is 0 Å². The first kappa shape index (κ1) is 17.4. The number of anilines is 1. The first-order valence-electron chi connectivity index (χ1n) is 9.84. The van der Waals surface area contributed by atoms with E-state index >= 15 is 0 Å². The summed E-state index contributed by atoms with van der Waals surface area (Å²) in [4.78, 5) is 36.6. The number of carbonyl (C=O) groups excluding carboxylic acids is 1. The van der Waals surface area contributed by atoms with Gasteiger partial charge in [0.2, 0.25) is 0 Å². The maximum atomic E-state index is 13.1. The normalized spacial score (nSPS) is 17.0. The maximum absolute atomic E-state index is 13.1. The van der Waals surface area contributed by atoms with Crippen molar-refractivity contribution in [2.45, 2.75) is 25.7 Å². The quantitative estimate of drug-likeness (QED) is 0.670. The average Bonchev–Trinajstić information content (AvgIpc) is 3.14. The van der Waals surface area contributed by atoms with Crippen LogP contribution in [0.25, 0.3) is 4.96 Å². The molecule has 1 aliphatic heterocycles. The predicted molar refractivity (Wildman–Crippen MR) is 111 cm³/mol. The molecule has 1 fully saturated rings. The second kappa shape index (κ2) is 7.05. The summed E-state index contributed by atoms with van der Waals surface area (Å²) in [7, 11) is 0. The Bertz CT molecular complexity index is 1080. The van der Waals surface area contributed by atoms with Crippen LogP contribution in [-0.2, 0) is 12.8 Å². The van der Waals surface area contributed by atoms with Gasteiger partial charge in [-0.3, -0.25) is 14.0 Å². The van der Waals surface area contributed by atoms with Gasteiger partial charge in [-0.25, -0.2) is 4.98 Å². The summed E-state index contributed by atoms with van der Waals surface area (Å²) < 4.78 is 1.69. The summed E-state index contributed by atoms with van der Waals surface area (Å²) in [6.45, 7) is 2.75. The SMILES string of the molecule is O=C(c1cnc2sc3c(n2c1=O)CCCC3)N1CCN(c2ccccc2)CC1. The van der Waals surface area contributed by atoms with E-state index in [0.717, 1.165) is 44.5 Å². The lowest BCUT2D eigenvalue weighted by Gasteiger charge is -2.36. The van der Waals surface area contributed by atoms with E-state index in [-0.39, 0.29) is 17.0 Å². The molecule has 6 nitrogen and oxygen atoms in total. The van der Waals surface area contributed by atoms with Crippen LogP contribution < -0.4 is 10.5 Å². The van der Waals surface area contributed by atoms with Crippen molar-refractivity contribution in [1.82, 2.24) is 14.3 Å². The molecule has 0 unspecified atom stereocenters. The van der Waals surface area contributed by atoms with Crippen molar-refractivity contribution < 1.29 is 4.79 Å². The zero-order chi connectivity index (χ0) is 19.1. The molecule has 0 N–H and O–H groups in total. The Kier molecular flexibility index (Phi) is 4.39. The van der Waals surface area contributed by atoms with E-state index in [1.165, 1.54) is 16.8 Å². The van der Waals surface area contributed by atoms with E-state index in [1.807, 2.05) is 18.2 Å². The summed E-state index contributed by atoms with van der Waals surface area (Å²) in [5.74, 6) is -0.199. The number of para-hydroxylation sites is 1. The third-order valence-corrected chi connectivity index (χ3v) is 6.88. The molecule has 1 aromatic carbocycles. The summed E-state index contributed by atoms with van der Waals surface area (Å²) in [6.07, 6.45) is 5.63. The van der Waals surface area contributed by atoms with Crippen molar-refractivity contribution in [3.63, 3.8) is 0 Å².